The molecule has 0 aromatic heterocycles. The van der Waals surface area contributed by atoms with Crippen LogP contribution in [0.25, 0.3) is 0 Å². The maximum Gasteiger partial charge on any atom is 0.318 e. The van der Waals surface area contributed by atoms with Gasteiger partial charge >= 0.3 is 12.0 Å². The summed E-state index contributed by atoms with van der Waals surface area (Å²) in [6.45, 7) is 1.36. The molecule has 4 N–H and O–H groups in total. The quantitative estimate of drug-likeness (QED) is 0.620. The van der Waals surface area contributed by atoms with Gasteiger partial charge in [-0.05, 0) is 31.2 Å². The first-order valence-corrected chi connectivity index (χ1v) is 7.42. The molecule has 23 heavy (non-hydrogen) atoms. The zero-order valence-corrected chi connectivity index (χ0v) is 13.9. The monoisotopic (exact) mass is 385 g/mol. The standard InChI is InChI=1S/C14H16BrN3O5/c1-8(12(20)18-14(16)22)23-11(19)6-7-17-13(21)9-2-4-10(15)5-3-9/h2-5,8H,6-7H2,1H3,(H,17,21)(H3,16,18,20,22)/t8-/m1/s1. The van der Waals surface area contributed by atoms with Gasteiger partial charge in [-0.3, -0.25) is 19.7 Å². The Morgan fingerprint density at radius 3 is 2.39 bits per heavy atom. The minimum atomic E-state index is -1.16. The van der Waals surface area contributed by atoms with Gasteiger partial charge < -0.3 is 15.8 Å². The number of imide groups is 1. The predicted octanol–water partition coefficient (Wildman–Crippen LogP) is 0.696. The summed E-state index contributed by atoms with van der Waals surface area (Å²) in [7, 11) is 0. The van der Waals surface area contributed by atoms with Gasteiger partial charge in [0.2, 0.25) is 0 Å². The molecule has 0 aliphatic carbocycles. The van der Waals surface area contributed by atoms with Crippen molar-refractivity contribution in [3.8, 4) is 0 Å². The molecule has 0 unspecified atom stereocenters. The molecule has 0 fully saturated rings. The predicted molar refractivity (Wildman–Crippen MR) is 84.4 cm³/mol. The van der Waals surface area contributed by atoms with E-state index in [1.807, 2.05) is 0 Å². The van der Waals surface area contributed by atoms with Gasteiger partial charge in [-0.25, -0.2) is 4.79 Å². The highest BCUT2D eigenvalue weighted by Crippen LogP contribution is 2.10. The minimum absolute atomic E-state index is 0.0535. The van der Waals surface area contributed by atoms with Crippen LogP contribution in [0.3, 0.4) is 0 Å². The Labute approximate surface area is 140 Å². The summed E-state index contributed by atoms with van der Waals surface area (Å²) < 4.78 is 5.65. The van der Waals surface area contributed by atoms with Crippen LogP contribution < -0.4 is 16.4 Å². The molecular weight excluding hydrogens is 370 g/mol. The van der Waals surface area contributed by atoms with Gasteiger partial charge in [0.25, 0.3) is 11.8 Å². The van der Waals surface area contributed by atoms with Crippen LogP contribution in [0.15, 0.2) is 28.7 Å². The lowest BCUT2D eigenvalue weighted by Crippen LogP contribution is -2.42. The van der Waals surface area contributed by atoms with Crippen molar-refractivity contribution in [2.45, 2.75) is 19.4 Å². The summed E-state index contributed by atoms with van der Waals surface area (Å²) in [5, 5.41) is 4.35. The van der Waals surface area contributed by atoms with Crippen molar-refractivity contribution in [1.82, 2.24) is 10.6 Å². The molecule has 124 valence electrons. The number of carbonyl (C=O) groups is 4. The van der Waals surface area contributed by atoms with E-state index in [1.165, 1.54) is 6.92 Å². The number of ether oxygens (including phenoxy) is 1. The van der Waals surface area contributed by atoms with Gasteiger partial charge in [0.15, 0.2) is 6.10 Å². The van der Waals surface area contributed by atoms with Crippen LogP contribution in [0.4, 0.5) is 4.79 Å². The molecule has 1 rings (SSSR count). The van der Waals surface area contributed by atoms with Crippen molar-refractivity contribution in [2.24, 2.45) is 5.73 Å². The number of primary amides is 1. The number of nitrogens with one attached hydrogen (secondary N) is 2. The number of urea groups is 1. The molecule has 0 bridgehead atoms. The third-order valence-electron chi connectivity index (χ3n) is 2.64. The normalized spacial score (nSPS) is 11.2. The van der Waals surface area contributed by atoms with Gasteiger partial charge in [0, 0.05) is 16.6 Å². The largest absolute Gasteiger partial charge is 0.452 e. The number of amides is 4. The number of benzene rings is 1. The maximum atomic E-state index is 11.8. The summed E-state index contributed by atoms with van der Waals surface area (Å²) >= 11 is 3.26. The first-order valence-electron chi connectivity index (χ1n) is 6.63. The Bertz CT molecular complexity index is 603. The lowest BCUT2D eigenvalue weighted by atomic mass is 10.2. The van der Waals surface area contributed by atoms with Crippen molar-refractivity contribution >= 4 is 39.7 Å². The second-order valence-electron chi connectivity index (χ2n) is 4.50. The van der Waals surface area contributed by atoms with Crippen LogP contribution in [0.5, 0.6) is 0 Å². The van der Waals surface area contributed by atoms with E-state index in [1.54, 1.807) is 29.6 Å². The molecule has 9 heteroatoms. The van der Waals surface area contributed by atoms with Gasteiger partial charge in [0.1, 0.15) is 0 Å². The van der Waals surface area contributed by atoms with E-state index < -0.39 is 24.0 Å². The molecule has 0 saturated heterocycles. The average Bonchev–Trinajstić information content (AvgIpc) is 2.46. The molecule has 8 nitrogen and oxygen atoms in total. The van der Waals surface area contributed by atoms with Gasteiger partial charge in [0.05, 0.1) is 6.42 Å². The summed E-state index contributed by atoms with van der Waals surface area (Å²) in [5.41, 5.74) is 5.23. The molecule has 4 amide bonds. The minimum Gasteiger partial charge on any atom is -0.452 e. The number of carbonyl (C=O) groups excluding carboxylic acids is 4. The molecule has 0 heterocycles. The first kappa shape index (κ1) is 18.6. The average molecular weight is 386 g/mol. The molecule has 1 aromatic carbocycles. The molecule has 1 atom stereocenters. The van der Waals surface area contributed by atoms with E-state index >= 15 is 0 Å². The summed E-state index contributed by atoms with van der Waals surface area (Å²) in [4.78, 5) is 45.1. The summed E-state index contributed by atoms with van der Waals surface area (Å²) in [6.07, 6.45) is -1.27. The zero-order valence-electron chi connectivity index (χ0n) is 12.3. The first-order chi connectivity index (χ1) is 10.8. The number of halogens is 1. The molecular formula is C14H16BrN3O5. The number of hydrogen-bond donors (Lipinski definition) is 3. The fourth-order valence-electron chi connectivity index (χ4n) is 1.51. The maximum absolute atomic E-state index is 11.8. The number of rotatable bonds is 6. The van der Waals surface area contributed by atoms with E-state index in [0.29, 0.717) is 5.56 Å². The Balaban J connectivity index is 2.33. The third kappa shape index (κ3) is 6.92. The molecule has 0 aliphatic heterocycles. The van der Waals surface area contributed by atoms with E-state index in [2.05, 4.69) is 21.2 Å². The number of esters is 1. The van der Waals surface area contributed by atoms with Gasteiger partial charge in [-0.15, -0.1) is 0 Å². The summed E-state index contributed by atoms with van der Waals surface area (Å²) in [5.74, 6) is -1.83. The second-order valence-corrected chi connectivity index (χ2v) is 5.41. The van der Waals surface area contributed by atoms with Crippen LogP contribution in [0.2, 0.25) is 0 Å². The highest BCUT2D eigenvalue weighted by molar-refractivity contribution is 9.10. The van der Waals surface area contributed by atoms with E-state index in [9.17, 15) is 19.2 Å². The molecule has 1 aromatic rings. The third-order valence-corrected chi connectivity index (χ3v) is 3.17. The fourth-order valence-corrected chi connectivity index (χ4v) is 1.78. The summed E-state index contributed by atoms with van der Waals surface area (Å²) in [6, 6.07) is 5.69. The SMILES string of the molecule is C[C@@H](OC(=O)CCNC(=O)c1ccc(Br)cc1)C(=O)NC(N)=O. The van der Waals surface area contributed by atoms with Gasteiger partial charge in [-0.2, -0.15) is 0 Å². The molecule has 0 aliphatic rings. The number of nitrogens with two attached hydrogens (primary N) is 1. The Hall–Kier alpha value is -2.42. The lowest BCUT2D eigenvalue weighted by molar-refractivity contribution is -0.154. The van der Waals surface area contributed by atoms with Crippen molar-refractivity contribution in [3.63, 3.8) is 0 Å². The fraction of sp³-hybridized carbons (Fsp3) is 0.286. The Morgan fingerprint density at radius 2 is 1.83 bits per heavy atom. The van der Waals surface area contributed by atoms with Crippen LogP contribution >= 0.6 is 15.9 Å². The van der Waals surface area contributed by atoms with Crippen molar-refractivity contribution in [1.29, 1.82) is 0 Å². The van der Waals surface area contributed by atoms with Crippen LogP contribution in [0, 0.1) is 0 Å². The molecule has 0 radical (unpaired) electrons. The van der Waals surface area contributed by atoms with Crippen molar-refractivity contribution < 1.29 is 23.9 Å². The molecule has 0 spiro atoms. The highest BCUT2D eigenvalue weighted by atomic mass is 79.9. The van der Waals surface area contributed by atoms with Crippen molar-refractivity contribution in [2.75, 3.05) is 6.54 Å². The van der Waals surface area contributed by atoms with Crippen LogP contribution in [-0.4, -0.2) is 36.5 Å². The van der Waals surface area contributed by atoms with Gasteiger partial charge in [-0.1, -0.05) is 15.9 Å². The van der Waals surface area contributed by atoms with E-state index in [-0.39, 0.29) is 18.9 Å². The topological polar surface area (TPSA) is 128 Å². The highest BCUT2D eigenvalue weighted by Gasteiger charge is 2.18. The van der Waals surface area contributed by atoms with E-state index in [4.69, 9.17) is 10.5 Å². The molecule has 0 saturated carbocycles. The van der Waals surface area contributed by atoms with Crippen LogP contribution in [-0.2, 0) is 14.3 Å². The Morgan fingerprint density at radius 1 is 1.22 bits per heavy atom. The van der Waals surface area contributed by atoms with Crippen molar-refractivity contribution in [3.05, 3.63) is 34.3 Å². The van der Waals surface area contributed by atoms with Crippen LogP contribution in [0.1, 0.15) is 23.7 Å². The second kappa shape index (κ2) is 8.89. The zero-order chi connectivity index (χ0) is 17.4. The lowest BCUT2D eigenvalue weighted by Gasteiger charge is -2.12. The smallest absolute Gasteiger partial charge is 0.318 e. The van der Waals surface area contributed by atoms with E-state index in [0.717, 1.165) is 4.47 Å². The Kier molecular flexibility index (Phi) is 7.20. The number of hydrogen-bond acceptors (Lipinski definition) is 5.